The Morgan fingerprint density at radius 3 is 1.98 bits per heavy atom. The first-order valence-corrected chi connectivity index (χ1v) is 16.0. The highest BCUT2D eigenvalue weighted by Gasteiger charge is 2.46. The molecule has 1 aliphatic carbocycles. The van der Waals surface area contributed by atoms with Gasteiger partial charge in [0.25, 0.3) is 0 Å². The van der Waals surface area contributed by atoms with Crippen LogP contribution in [0.1, 0.15) is 101 Å². The van der Waals surface area contributed by atoms with Crippen LogP contribution < -0.4 is 0 Å². The summed E-state index contributed by atoms with van der Waals surface area (Å²) in [7, 11) is 0. The topological polar surface area (TPSA) is 108 Å². The van der Waals surface area contributed by atoms with Crippen molar-refractivity contribution in [1.29, 1.82) is 0 Å². The van der Waals surface area contributed by atoms with Crippen molar-refractivity contribution in [3.05, 3.63) is 71.8 Å². The van der Waals surface area contributed by atoms with E-state index in [0.717, 1.165) is 36.3 Å². The molecule has 0 amide bonds. The Labute approximate surface area is 260 Å². The minimum Gasteiger partial charge on any atom is -0.479 e. The van der Waals surface area contributed by atoms with E-state index in [4.69, 9.17) is 18.9 Å². The lowest BCUT2D eigenvalue weighted by atomic mass is 9.77. The molecule has 3 atom stereocenters. The predicted octanol–water partition coefficient (Wildman–Crippen LogP) is 7.52. The number of esters is 2. The summed E-state index contributed by atoms with van der Waals surface area (Å²) in [5.74, 6) is -0.902. The maximum atomic E-state index is 12.4. The molecule has 0 spiro atoms. The minimum atomic E-state index is -1.42. The summed E-state index contributed by atoms with van der Waals surface area (Å²) in [6.07, 6.45) is 7.22. The zero-order valence-electron chi connectivity index (χ0n) is 26.0. The van der Waals surface area contributed by atoms with Crippen molar-refractivity contribution in [1.82, 2.24) is 0 Å². The van der Waals surface area contributed by atoms with E-state index >= 15 is 0 Å². The number of carbonyl (C=O) groups excluding carboxylic acids is 2. The third kappa shape index (κ3) is 9.26. The van der Waals surface area contributed by atoms with Crippen LogP contribution in [0.2, 0.25) is 0 Å². The molecule has 8 heteroatoms. The number of carboxylic acids is 1. The van der Waals surface area contributed by atoms with Crippen LogP contribution in [0.5, 0.6) is 0 Å². The normalized spacial score (nSPS) is 23.2. The van der Waals surface area contributed by atoms with Gasteiger partial charge in [0.05, 0.1) is 13.2 Å². The molecule has 1 unspecified atom stereocenters. The molecule has 0 radical (unpaired) electrons. The number of aliphatic carboxylic acids is 1. The number of hydrogen-bond acceptors (Lipinski definition) is 7. The Bertz CT molecular complexity index is 1240. The maximum absolute atomic E-state index is 12.4. The Morgan fingerprint density at radius 2 is 1.39 bits per heavy atom. The summed E-state index contributed by atoms with van der Waals surface area (Å²) in [5, 5.41) is 9.55. The first-order valence-electron chi connectivity index (χ1n) is 16.0. The fourth-order valence-electron chi connectivity index (χ4n) is 5.93. The highest BCUT2D eigenvalue weighted by molar-refractivity contribution is 5.87. The second-order valence-electron chi connectivity index (χ2n) is 12.0. The third-order valence-corrected chi connectivity index (χ3v) is 8.62. The van der Waals surface area contributed by atoms with Crippen LogP contribution in [0.3, 0.4) is 0 Å². The standard InChI is InChI=1S/C36H46O8/c1-4-5-22-42-35(40)32-31(33(37)38)43-36(44-32)30-20-18-29(19-21-30)28-16-14-27(15-17-28)26-12-10-25(11-13-26)9-7-6-8-23-41-34(39)24(2)3/h14-21,25-26,31-32,36H,2,4-13,22-23H2,1,3H3,(H,37,38)/t25?,26?,31-,32-,36?/m1/s1. The molecule has 2 fully saturated rings. The van der Waals surface area contributed by atoms with E-state index in [1.165, 1.54) is 44.1 Å². The van der Waals surface area contributed by atoms with Crippen molar-refractivity contribution in [3.8, 4) is 11.1 Å². The van der Waals surface area contributed by atoms with Crippen LogP contribution in [0.4, 0.5) is 0 Å². The number of carboxylic acid groups (broad SMARTS) is 1. The summed E-state index contributed by atoms with van der Waals surface area (Å²) in [4.78, 5) is 35.6. The molecule has 0 aromatic heterocycles. The molecule has 44 heavy (non-hydrogen) atoms. The number of rotatable bonds is 15. The van der Waals surface area contributed by atoms with Gasteiger partial charge in [-0.25, -0.2) is 14.4 Å². The van der Waals surface area contributed by atoms with Crippen LogP contribution in [-0.2, 0) is 33.3 Å². The second kappa shape index (κ2) is 16.5. The monoisotopic (exact) mass is 606 g/mol. The van der Waals surface area contributed by atoms with E-state index in [9.17, 15) is 19.5 Å². The zero-order chi connectivity index (χ0) is 31.5. The molecule has 4 rings (SSSR count). The van der Waals surface area contributed by atoms with Crippen LogP contribution >= 0.6 is 0 Å². The van der Waals surface area contributed by atoms with E-state index in [-0.39, 0.29) is 12.6 Å². The summed E-state index contributed by atoms with van der Waals surface area (Å²) in [6, 6.07) is 16.4. The van der Waals surface area contributed by atoms with Gasteiger partial charge in [-0.05, 0) is 74.0 Å². The molecule has 0 bridgehead atoms. The van der Waals surface area contributed by atoms with Gasteiger partial charge in [-0.3, -0.25) is 0 Å². The highest BCUT2D eigenvalue weighted by Crippen LogP contribution is 2.39. The summed E-state index contributed by atoms with van der Waals surface area (Å²) in [6.45, 7) is 7.95. The van der Waals surface area contributed by atoms with Crippen molar-refractivity contribution in [2.75, 3.05) is 13.2 Å². The zero-order valence-corrected chi connectivity index (χ0v) is 26.0. The van der Waals surface area contributed by atoms with Crippen molar-refractivity contribution >= 4 is 17.9 Å². The van der Waals surface area contributed by atoms with E-state index in [2.05, 4.69) is 30.8 Å². The molecule has 2 aliphatic rings. The van der Waals surface area contributed by atoms with Crippen molar-refractivity contribution in [2.24, 2.45) is 5.92 Å². The Balaban J connectivity index is 1.23. The number of benzene rings is 2. The Hall–Kier alpha value is -3.49. The summed E-state index contributed by atoms with van der Waals surface area (Å²) < 4.78 is 21.7. The minimum absolute atomic E-state index is 0.222. The molecular weight excluding hydrogens is 560 g/mol. The molecule has 2 aromatic carbocycles. The Kier molecular flexibility index (Phi) is 12.6. The van der Waals surface area contributed by atoms with Gasteiger partial charge in [0, 0.05) is 11.1 Å². The quantitative estimate of drug-likeness (QED) is 0.126. The molecule has 8 nitrogen and oxygen atoms in total. The van der Waals surface area contributed by atoms with Gasteiger partial charge in [-0.2, -0.15) is 0 Å². The van der Waals surface area contributed by atoms with E-state index < -0.39 is 30.4 Å². The van der Waals surface area contributed by atoms with Gasteiger partial charge in [-0.15, -0.1) is 0 Å². The maximum Gasteiger partial charge on any atom is 0.338 e. The third-order valence-electron chi connectivity index (χ3n) is 8.62. The number of hydrogen-bond donors (Lipinski definition) is 1. The average Bonchev–Trinajstić information content (AvgIpc) is 3.49. The first-order chi connectivity index (χ1) is 21.3. The number of unbranched alkanes of at least 4 members (excludes halogenated alkanes) is 3. The predicted molar refractivity (Wildman–Crippen MR) is 167 cm³/mol. The molecular formula is C36H46O8. The Morgan fingerprint density at radius 1 is 0.795 bits per heavy atom. The molecule has 1 N–H and O–H groups in total. The van der Waals surface area contributed by atoms with Gasteiger partial charge in [-0.1, -0.05) is 87.7 Å². The van der Waals surface area contributed by atoms with Crippen LogP contribution in [0.15, 0.2) is 60.7 Å². The first kappa shape index (κ1) is 33.4. The number of ether oxygens (including phenoxy) is 4. The fourth-order valence-corrected chi connectivity index (χ4v) is 5.93. The van der Waals surface area contributed by atoms with Gasteiger partial charge >= 0.3 is 17.9 Å². The second-order valence-corrected chi connectivity index (χ2v) is 12.0. The smallest absolute Gasteiger partial charge is 0.338 e. The molecule has 1 saturated carbocycles. The summed E-state index contributed by atoms with van der Waals surface area (Å²) in [5.41, 5.74) is 4.60. The molecule has 238 valence electrons. The van der Waals surface area contributed by atoms with Crippen molar-refractivity contribution in [3.63, 3.8) is 0 Å². The van der Waals surface area contributed by atoms with Gasteiger partial charge in [0.15, 0.2) is 18.5 Å². The molecule has 1 saturated heterocycles. The van der Waals surface area contributed by atoms with Gasteiger partial charge in [0.2, 0.25) is 0 Å². The van der Waals surface area contributed by atoms with Crippen molar-refractivity contribution in [2.45, 2.75) is 102 Å². The fraction of sp³-hybridized carbons (Fsp3) is 0.528. The van der Waals surface area contributed by atoms with Crippen LogP contribution in [0.25, 0.3) is 11.1 Å². The van der Waals surface area contributed by atoms with Gasteiger partial charge < -0.3 is 24.1 Å². The summed E-state index contributed by atoms with van der Waals surface area (Å²) >= 11 is 0. The van der Waals surface area contributed by atoms with Crippen LogP contribution in [0, 0.1) is 5.92 Å². The highest BCUT2D eigenvalue weighted by atomic mass is 16.7. The molecule has 1 heterocycles. The lowest BCUT2D eigenvalue weighted by Crippen LogP contribution is -2.38. The number of carbonyl (C=O) groups is 3. The molecule has 1 aliphatic heterocycles. The lowest BCUT2D eigenvalue weighted by molar-refractivity contribution is -0.161. The average molecular weight is 607 g/mol. The van der Waals surface area contributed by atoms with Crippen LogP contribution in [-0.4, -0.2) is 48.4 Å². The van der Waals surface area contributed by atoms with E-state index in [1.54, 1.807) is 6.92 Å². The van der Waals surface area contributed by atoms with Gasteiger partial charge in [0.1, 0.15) is 0 Å². The SMILES string of the molecule is C=C(C)C(=O)OCCCCCC1CCC(c2ccc(-c3ccc(C4O[C@@H](C(=O)O)[C@H](C(=O)OCCCC)O4)cc3)cc2)CC1. The van der Waals surface area contributed by atoms with E-state index in [1.807, 2.05) is 31.2 Å². The van der Waals surface area contributed by atoms with Crippen molar-refractivity contribution < 1.29 is 38.4 Å². The lowest BCUT2D eigenvalue weighted by Gasteiger charge is -2.29. The van der Waals surface area contributed by atoms with E-state index in [0.29, 0.717) is 30.1 Å². The largest absolute Gasteiger partial charge is 0.479 e. The molecule has 2 aromatic rings.